The van der Waals surface area contributed by atoms with Crippen LogP contribution in [0, 0.1) is 0 Å². The molecule has 18 heavy (non-hydrogen) atoms. The minimum absolute atomic E-state index is 0.158. The van der Waals surface area contributed by atoms with E-state index in [0.717, 1.165) is 12.8 Å². The van der Waals surface area contributed by atoms with E-state index in [-0.39, 0.29) is 12.2 Å². The molecule has 0 heterocycles. The Bertz CT molecular complexity index is 303. The Morgan fingerprint density at radius 2 is 1.56 bits per heavy atom. The van der Waals surface area contributed by atoms with Gasteiger partial charge in [0.05, 0.1) is 23.6 Å². The van der Waals surface area contributed by atoms with Gasteiger partial charge in [-0.1, -0.05) is 19.0 Å². The lowest BCUT2D eigenvalue weighted by atomic mass is 10.3. The fourth-order valence-electron chi connectivity index (χ4n) is 1.17. The molecule has 0 saturated heterocycles. The maximum absolute atomic E-state index is 12.8. The molecule has 108 valence electrons. The first-order valence-corrected chi connectivity index (χ1v) is 8.06. The van der Waals surface area contributed by atoms with Crippen molar-refractivity contribution in [3.05, 3.63) is 0 Å². The predicted molar refractivity (Wildman–Crippen MR) is 73.6 cm³/mol. The number of rotatable bonds is 8. The van der Waals surface area contributed by atoms with Crippen LogP contribution in [0.4, 0.5) is 0 Å². The highest BCUT2D eigenvalue weighted by Crippen LogP contribution is 2.55. The van der Waals surface area contributed by atoms with Crippen LogP contribution in [0.5, 0.6) is 0 Å². The number of nitrogens with zero attached hydrogens (tertiary/aromatic N) is 1. The van der Waals surface area contributed by atoms with E-state index in [0.29, 0.717) is 5.71 Å². The van der Waals surface area contributed by atoms with Crippen LogP contribution in [0.25, 0.3) is 0 Å². The van der Waals surface area contributed by atoms with Crippen LogP contribution in [-0.2, 0) is 13.6 Å². The minimum Gasteiger partial charge on any atom is -0.411 e. The summed E-state index contributed by atoms with van der Waals surface area (Å²) in [6, 6.07) is 0. The summed E-state index contributed by atoms with van der Waals surface area (Å²) in [5.74, 6) is 0. The van der Waals surface area contributed by atoms with Gasteiger partial charge in [0.2, 0.25) is 0 Å². The van der Waals surface area contributed by atoms with Crippen molar-refractivity contribution in [2.45, 2.75) is 72.3 Å². The van der Waals surface area contributed by atoms with Gasteiger partial charge in [-0.05, 0) is 40.5 Å². The van der Waals surface area contributed by atoms with E-state index in [2.05, 4.69) is 5.16 Å². The van der Waals surface area contributed by atoms with Gasteiger partial charge in [-0.15, -0.1) is 0 Å². The first kappa shape index (κ1) is 17.6. The Hall–Kier alpha value is -0.380. The Kier molecular flexibility index (Phi) is 7.76. The third kappa shape index (κ3) is 5.09. The molecule has 0 aromatic heterocycles. The molecule has 0 saturated carbocycles. The molecule has 3 unspecified atom stereocenters. The third-order valence-electron chi connectivity index (χ3n) is 3.04. The van der Waals surface area contributed by atoms with Crippen LogP contribution in [-0.4, -0.2) is 28.8 Å². The molecule has 1 N–H and O–H groups in total. The summed E-state index contributed by atoms with van der Waals surface area (Å²) >= 11 is 0. The van der Waals surface area contributed by atoms with Crippen LogP contribution < -0.4 is 0 Å². The van der Waals surface area contributed by atoms with Crippen LogP contribution in [0.1, 0.15) is 54.4 Å². The molecule has 0 amide bonds. The molecule has 0 aromatic carbocycles. The number of hydrogen-bond donors (Lipinski definition) is 1. The first-order valence-electron chi connectivity index (χ1n) is 6.45. The van der Waals surface area contributed by atoms with Crippen molar-refractivity contribution in [3.8, 4) is 0 Å². The van der Waals surface area contributed by atoms with Gasteiger partial charge in [0.1, 0.15) is 0 Å². The standard InChI is InChI=1S/C12H26NO4P/c1-7-9(3)16-18(15,17-10(4)8-2)12(6)11(5)13-14/h9-10,12,14H,7-8H2,1-6H3. The van der Waals surface area contributed by atoms with Gasteiger partial charge < -0.3 is 14.3 Å². The molecule has 0 spiro atoms. The second-order valence-corrected chi connectivity index (χ2v) is 6.88. The highest BCUT2D eigenvalue weighted by atomic mass is 31.2. The molecular weight excluding hydrogens is 253 g/mol. The smallest absolute Gasteiger partial charge is 0.339 e. The summed E-state index contributed by atoms with van der Waals surface area (Å²) in [7, 11) is -3.32. The molecule has 0 radical (unpaired) electrons. The Labute approximate surface area is 110 Å². The zero-order valence-electron chi connectivity index (χ0n) is 12.2. The molecule has 5 nitrogen and oxygen atoms in total. The predicted octanol–water partition coefficient (Wildman–Crippen LogP) is 4.05. The summed E-state index contributed by atoms with van der Waals surface area (Å²) < 4.78 is 24.0. The molecule has 0 rings (SSSR count). The molecule has 0 fully saturated rings. The van der Waals surface area contributed by atoms with Crippen LogP contribution in [0.15, 0.2) is 5.16 Å². The topological polar surface area (TPSA) is 68.1 Å². The maximum Gasteiger partial charge on any atom is 0.339 e. The Balaban J connectivity index is 5.08. The van der Waals surface area contributed by atoms with E-state index in [1.807, 2.05) is 27.7 Å². The van der Waals surface area contributed by atoms with E-state index in [1.54, 1.807) is 13.8 Å². The van der Waals surface area contributed by atoms with Gasteiger partial charge in [-0.25, -0.2) is 0 Å². The van der Waals surface area contributed by atoms with Crippen molar-refractivity contribution in [1.29, 1.82) is 0 Å². The fourth-order valence-corrected chi connectivity index (χ4v) is 3.40. The Morgan fingerprint density at radius 3 is 1.83 bits per heavy atom. The summed E-state index contributed by atoms with van der Waals surface area (Å²) in [5.41, 5.74) is -0.199. The first-order chi connectivity index (χ1) is 8.30. The van der Waals surface area contributed by atoms with Gasteiger partial charge in [0, 0.05) is 0 Å². The maximum atomic E-state index is 12.8. The zero-order chi connectivity index (χ0) is 14.3. The molecule has 0 aliphatic heterocycles. The quantitative estimate of drug-likeness (QED) is 0.315. The number of hydrogen-bond acceptors (Lipinski definition) is 5. The van der Waals surface area contributed by atoms with Crippen molar-refractivity contribution < 1.29 is 18.8 Å². The van der Waals surface area contributed by atoms with Crippen molar-refractivity contribution in [3.63, 3.8) is 0 Å². The summed E-state index contributed by atoms with van der Waals surface area (Å²) in [6.45, 7) is 10.9. The molecule has 0 aliphatic carbocycles. The third-order valence-corrected chi connectivity index (χ3v) is 5.67. The molecule has 0 aromatic rings. The van der Waals surface area contributed by atoms with Crippen molar-refractivity contribution in [1.82, 2.24) is 0 Å². The van der Waals surface area contributed by atoms with Gasteiger partial charge in [-0.2, -0.15) is 0 Å². The van der Waals surface area contributed by atoms with E-state index >= 15 is 0 Å². The number of oxime groups is 1. The van der Waals surface area contributed by atoms with Crippen molar-refractivity contribution in [2.24, 2.45) is 5.16 Å². The van der Waals surface area contributed by atoms with E-state index in [9.17, 15) is 4.57 Å². The van der Waals surface area contributed by atoms with Gasteiger partial charge in [-0.3, -0.25) is 4.57 Å². The second-order valence-electron chi connectivity index (χ2n) is 4.61. The highest BCUT2D eigenvalue weighted by molar-refractivity contribution is 7.55. The van der Waals surface area contributed by atoms with Crippen molar-refractivity contribution in [2.75, 3.05) is 0 Å². The van der Waals surface area contributed by atoms with E-state index in [1.165, 1.54) is 0 Å². The zero-order valence-corrected chi connectivity index (χ0v) is 13.1. The van der Waals surface area contributed by atoms with Crippen LogP contribution >= 0.6 is 7.60 Å². The SMILES string of the molecule is CCC(C)OP(=O)(OC(C)CC)C(C)C(C)=NO. The highest BCUT2D eigenvalue weighted by Gasteiger charge is 2.37. The average Bonchev–Trinajstić information content (AvgIpc) is 2.36. The monoisotopic (exact) mass is 279 g/mol. The van der Waals surface area contributed by atoms with Crippen LogP contribution in [0.2, 0.25) is 0 Å². The van der Waals surface area contributed by atoms with Crippen LogP contribution in [0.3, 0.4) is 0 Å². The van der Waals surface area contributed by atoms with Gasteiger partial charge in [0.15, 0.2) is 0 Å². The lowest BCUT2D eigenvalue weighted by Crippen LogP contribution is -2.23. The molecule has 0 bridgehead atoms. The molecule has 6 heteroatoms. The Morgan fingerprint density at radius 1 is 1.17 bits per heavy atom. The minimum atomic E-state index is -3.32. The lowest BCUT2D eigenvalue weighted by molar-refractivity contribution is 0.122. The molecular formula is C12H26NO4P. The van der Waals surface area contributed by atoms with Gasteiger partial charge in [0.25, 0.3) is 0 Å². The second kappa shape index (κ2) is 7.93. The fraction of sp³-hybridized carbons (Fsp3) is 0.917. The van der Waals surface area contributed by atoms with Crippen molar-refractivity contribution >= 4 is 13.3 Å². The largest absolute Gasteiger partial charge is 0.411 e. The van der Waals surface area contributed by atoms with E-state index < -0.39 is 13.3 Å². The summed E-state index contributed by atoms with van der Waals surface area (Å²) in [4.78, 5) is 0. The lowest BCUT2D eigenvalue weighted by Gasteiger charge is -2.28. The van der Waals surface area contributed by atoms with Gasteiger partial charge >= 0.3 is 7.60 Å². The average molecular weight is 279 g/mol. The summed E-state index contributed by atoms with van der Waals surface area (Å²) in [5, 5.41) is 11.9. The normalized spacial score (nSPS) is 21.1. The molecule has 0 aliphatic rings. The van der Waals surface area contributed by atoms with E-state index in [4.69, 9.17) is 14.3 Å². The summed E-state index contributed by atoms with van der Waals surface area (Å²) in [6.07, 6.45) is 1.17. The molecule has 3 atom stereocenters.